The summed E-state index contributed by atoms with van der Waals surface area (Å²) < 4.78 is 9.48. The maximum Gasteiger partial charge on any atom is 0.235 e. The van der Waals surface area contributed by atoms with Crippen LogP contribution >= 0.6 is 22.7 Å². The molecule has 10 nitrogen and oxygen atoms in total. The van der Waals surface area contributed by atoms with E-state index in [9.17, 15) is 0 Å². The fourth-order valence-corrected chi connectivity index (χ4v) is 19.6. The van der Waals surface area contributed by atoms with Gasteiger partial charge >= 0.3 is 0 Å². The molecule has 0 bridgehead atoms. The molecule has 0 radical (unpaired) electrons. The van der Waals surface area contributed by atoms with Gasteiger partial charge in [-0.15, -0.1) is 22.7 Å². The van der Waals surface area contributed by atoms with Crippen molar-refractivity contribution in [1.82, 2.24) is 49.0 Å². The van der Waals surface area contributed by atoms with Crippen LogP contribution in [0.15, 0.2) is 328 Å². The molecule has 24 aromatic rings. The minimum absolute atomic E-state index is 0.612. The third-order valence-electron chi connectivity index (χ3n) is 21.7. The van der Waals surface area contributed by atoms with Crippen molar-refractivity contribution in [3.63, 3.8) is 0 Å². The topological polar surface area (TPSA) is 113 Å². The fraction of sp³-hybridized carbons (Fsp3) is 0. The maximum atomic E-state index is 5.62. The summed E-state index contributed by atoms with van der Waals surface area (Å²) in [5.74, 6) is 1.24. The Morgan fingerprint density at radius 3 is 1.09 bits per heavy atom. The van der Waals surface area contributed by atoms with Crippen LogP contribution in [-0.4, -0.2) is 49.0 Å². The number of hydrogen-bond acceptors (Lipinski definition) is 10. The number of aromatic nitrogens is 10. The lowest BCUT2D eigenvalue weighted by molar-refractivity contribution is 1.01. The van der Waals surface area contributed by atoms with Gasteiger partial charge in [-0.2, -0.15) is 0 Å². The molecule has 0 N–H and O–H groups in total. The molecule has 10 heterocycles. The molecular weight excluding hydrogens is 1360 g/mol. The second kappa shape index (κ2) is 23.7. The Kier molecular flexibility index (Phi) is 13.3. The predicted molar refractivity (Wildman–Crippen MR) is 451 cm³/mol. The quantitative estimate of drug-likeness (QED) is 0.151. The number of rotatable bonds is 6. The SMILES string of the molecule is c1ccc(-c2nc(-n3c4ccc(-c5nc6c7ccccc7c7c8ccccc8sc7c6c6ccccc56)cc4c4ccncc43)nc3ccccc23)cc1.c1ccc(-c2nc(-n3c4ccncc4c4cc(-c5nc6c7ccccc7c7c8ccccc8sc7c6c6ccccc56)ccc43)nc3ccccc23)cc1. The minimum atomic E-state index is 0.612. The van der Waals surface area contributed by atoms with E-state index in [1.807, 2.05) is 83.9 Å². The van der Waals surface area contributed by atoms with Crippen molar-refractivity contribution in [3.8, 4) is 56.9 Å². The highest BCUT2D eigenvalue weighted by molar-refractivity contribution is 7.27. The monoisotopic (exact) mass is 1410 g/mol. The van der Waals surface area contributed by atoms with Gasteiger partial charge in [-0.25, -0.2) is 29.9 Å². The van der Waals surface area contributed by atoms with Gasteiger partial charge in [0.05, 0.1) is 73.1 Å². The van der Waals surface area contributed by atoms with Gasteiger partial charge in [-0.1, -0.05) is 243 Å². The molecule has 0 saturated heterocycles. The summed E-state index contributed by atoms with van der Waals surface area (Å²) in [4.78, 5) is 41.2. The van der Waals surface area contributed by atoms with Crippen molar-refractivity contribution >= 4 is 193 Å². The Hall–Kier alpha value is -14.0. The van der Waals surface area contributed by atoms with Gasteiger partial charge in [-0.3, -0.25) is 19.1 Å². The summed E-state index contributed by atoms with van der Waals surface area (Å²) in [6, 6.07) is 107. The molecule has 0 aliphatic heterocycles. The lowest BCUT2D eigenvalue weighted by atomic mass is 9.94. The van der Waals surface area contributed by atoms with Crippen molar-refractivity contribution in [3.05, 3.63) is 328 Å². The van der Waals surface area contributed by atoms with Crippen LogP contribution < -0.4 is 0 Å². The van der Waals surface area contributed by atoms with Crippen LogP contribution in [0.5, 0.6) is 0 Å². The van der Waals surface area contributed by atoms with Crippen LogP contribution in [0.25, 0.3) is 228 Å². The highest BCUT2D eigenvalue weighted by Gasteiger charge is 2.26. The predicted octanol–water partition coefficient (Wildman–Crippen LogP) is 25.4. The second-order valence-electron chi connectivity index (χ2n) is 27.6. The third-order valence-corrected chi connectivity index (χ3v) is 24.1. The normalized spacial score (nSPS) is 12.1. The molecule has 108 heavy (non-hydrogen) atoms. The Bertz CT molecular complexity index is 7490. The molecule has 0 aliphatic rings. The van der Waals surface area contributed by atoms with Crippen molar-refractivity contribution in [2.45, 2.75) is 0 Å². The van der Waals surface area contributed by atoms with Crippen LogP contribution in [0.1, 0.15) is 0 Å². The lowest BCUT2D eigenvalue weighted by Gasteiger charge is -2.14. The van der Waals surface area contributed by atoms with E-state index in [4.69, 9.17) is 29.9 Å². The molecule has 0 saturated carbocycles. The first-order valence-electron chi connectivity index (χ1n) is 36.1. The van der Waals surface area contributed by atoms with Gasteiger partial charge in [-0.05, 0) is 82.2 Å². The molecule has 0 spiro atoms. The van der Waals surface area contributed by atoms with Gasteiger partial charge in [0, 0.05) is 146 Å². The summed E-state index contributed by atoms with van der Waals surface area (Å²) in [7, 11) is 0. The highest BCUT2D eigenvalue weighted by atomic mass is 32.1. The average molecular weight is 1410 g/mol. The first kappa shape index (κ1) is 60.4. The van der Waals surface area contributed by atoms with Gasteiger partial charge < -0.3 is 0 Å². The first-order valence-corrected chi connectivity index (χ1v) is 37.7. The number of pyridine rings is 4. The van der Waals surface area contributed by atoms with E-state index in [2.05, 4.69) is 286 Å². The molecule has 0 atom stereocenters. The largest absolute Gasteiger partial charge is 0.278 e. The Morgan fingerprint density at radius 2 is 0.593 bits per heavy atom. The van der Waals surface area contributed by atoms with Crippen LogP contribution in [0.4, 0.5) is 0 Å². The van der Waals surface area contributed by atoms with Crippen LogP contribution in [0.3, 0.4) is 0 Å². The molecule has 0 unspecified atom stereocenters. The van der Waals surface area contributed by atoms with Gasteiger partial charge in [0.1, 0.15) is 0 Å². The van der Waals surface area contributed by atoms with E-state index in [1.54, 1.807) is 0 Å². The van der Waals surface area contributed by atoms with Crippen LogP contribution in [0.2, 0.25) is 0 Å². The Balaban J connectivity index is 0.000000130. The molecule has 12 heteroatoms. The van der Waals surface area contributed by atoms with Gasteiger partial charge in [0.15, 0.2) is 0 Å². The number of thiophene rings is 2. The Morgan fingerprint density at radius 1 is 0.222 bits per heavy atom. The molecule has 500 valence electrons. The number of benzene rings is 14. The van der Waals surface area contributed by atoms with Gasteiger partial charge in [0.2, 0.25) is 11.9 Å². The number of nitrogens with zero attached hydrogens (tertiary/aromatic N) is 10. The molecule has 0 amide bonds. The van der Waals surface area contributed by atoms with E-state index < -0.39 is 0 Å². The van der Waals surface area contributed by atoms with Crippen molar-refractivity contribution < 1.29 is 0 Å². The molecule has 10 aromatic heterocycles. The van der Waals surface area contributed by atoms with E-state index >= 15 is 0 Å². The molecular formula is C96H54N10S2. The van der Waals surface area contributed by atoms with Gasteiger partial charge in [0.25, 0.3) is 0 Å². The molecule has 0 fully saturated rings. The zero-order chi connectivity index (χ0) is 70.7. The van der Waals surface area contributed by atoms with E-state index in [0.717, 1.165) is 132 Å². The fourth-order valence-electron chi connectivity index (χ4n) is 17.0. The average Bonchev–Trinajstić information content (AvgIpc) is 1.45. The first-order chi connectivity index (χ1) is 53.6. The minimum Gasteiger partial charge on any atom is -0.278 e. The van der Waals surface area contributed by atoms with E-state index in [0.29, 0.717) is 11.9 Å². The molecule has 0 aliphatic carbocycles. The van der Waals surface area contributed by atoms with Crippen molar-refractivity contribution in [2.75, 3.05) is 0 Å². The number of hydrogen-bond donors (Lipinski definition) is 0. The number of para-hydroxylation sites is 2. The second-order valence-corrected chi connectivity index (χ2v) is 29.7. The summed E-state index contributed by atoms with van der Waals surface area (Å²) in [5, 5.41) is 23.5. The van der Waals surface area contributed by atoms with Crippen LogP contribution in [0, 0.1) is 0 Å². The zero-order valence-electron chi connectivity index (χ0n) is 57.5. The molecule has 24 rings (SSSR count). The lowest BCUT2D eigenvalue weighted by Crippen LogP contribution is -2.03. The summed E-state index contributed by atoms with van der Waals surface area (Å²) in [5.41, 5.74) is 15.8. The summed E-state index contributed by atoms with van der Waals surface area (Å²) in [6.45, 7) is 0. The highest BCUT2D eigenvalue weighted by Crippen LogP contribution is 2.50. The zero-order valence-corrected chi connectivity index (χ0v) is 59.1. The number of fused-ring (bicyclic) bond motifs is 28. The maximum absolute atomic E-state index is 5.62. The van der Waals surface area contributed by atoms with E-state index in [-0.39, 0.29) is 0 Å². The van der Waals surface area contributed by atoms with Crippen molar-refractivity contribution in [2.24, 2.45) is 0 Å². The molecule has 14 aromatic carbocycles. The van der Waals surface area contributed by atoms with E-state index in [1.165, 1.54) is 83.4 Å². The standard InChI is InChI=1S/2C48H27N5S/c1-2-12-28(13-3-1)44-35-18-8-10-20-38(35)50-48(52-44)53-39-23-22-29(26-37(39)30-24-25-49-27-40(30)53)45-33-16-6-5-15-32(33)43-46(51-45)34-17-7-4-14-31(34)42-36-19-9-11-21-41(36)54-47(42)43;1-2-12-28(13-3-1)44-34-18-8-10-20-38(34)50-48(52-44)53-39-23-22-29(26-36(39)37-27-49-25-24-40(37)53)45-32-16-6-5-15-31(32)43-46(51-45)33-17-7-4-14-30(33)42-35-19-9-11-21-41(35)54-47(42)43/h2*1-27H. The van der Waals surface area contributed by atoms with Crippen LogP contribution in [-0.2, 0) is 0 Å². The van der Waals surface area contributed by atoms with Crippen molar-refractivity contribution in [1.29, 1.82) is 0 Å². The third kappa shape index (κ3) is 9.05. The summed E-state index contributed by atoms with van der Waals surface area (Å²) >= 11 is 3.73. The smallest absolute Gasteiger partial charge is 0.235 e. The summed E-state index contributed by atoms with van der Waals surface area (Å²) in [6.07, 6.45) is 7.58. The Labute approximate surface area is 623 Å².